The molecule has 0 radical (unpaired) electrons. The van der Waals surface area contributed by atoms with Crippen molar-refractivity contribution in [1.82, 2.24) is 14.7 Å². The Bertz CT molecular complexity index is 576. The highest BCUT2D eigenvalue weighted by Crippen LogP contribution is 2.19. The Balaban J connectivity index is 2.78. The number of alkyl halides is 3. The molecule has 4 nitrogen and oxygen atoms in total. The van der Waals surface area contributed by atoms with Crippen molar-refractivity contribution in [2.45, 2.75) is 53.3 Å². The molecule has 0 unspecified atom stereocenters. The molecule has 0 aromatic carbocycles. The Labute approximate surface area is 141 Å². The van der Waals surface area contributed by atoms with Crippen LogP contribution in [0.4, 0.5) is 13.2 Å². The molecule has 0 N–H and O–H groups in total. The van der Waals surface area contributed by atoms with Crippen LogP contribution in [-0.4, -0.2) is 39.9 Å². The van der Waals surface area contributed by atoms with E-state index in [1.807, 2.05) is 18.5 Å². The molecule has 24 heavy (non-hydrogen) atoms. The zero-order valence-electron chi connectivity index (χ0n) is 14.8. The molecule has 1 aromatic heterocycles. The van der Waals surface area contributed by atoms with E-state index in [-0.39, 0.29) is 13.0 Å². The van der Waals surface area contributed by atoms with Crippen LogP contribution in [0.3, 0.4) is 0 Å². The number of rotatable bonds is 8. The second kappa shape index (κ2) is 8.35. The second-order valence-corrected chi connectivity index (χ2v) is 6.40. The lowest BCUT2D eigenvalue weighted by Gasteiger charge is -2.22. The molecular weight excluding hydrogens is 319 g/mol. The monoisotopic (exact) mass is 345 g/mol. The molecule has 0 atom stereocenters. The summed E-state index contributed by atoms with van der Waals surface area (Å²) in [7, 11) is 0. The largest absolute Gasteiger partial charge is 0.406 e. The molecule has 0 aliphatic carbocycles. The van der Waals surface area contributed by atoms with Crippen molar-refractivity contribution in [3.8, 4) is 0 Å². The Morgan fingerprint density at radius 2 is 2.00 bits per heavy atom. The van der Waals surface area contributed by atoms with Gasteiger partial charge in [0.15, 0.2) is 0 Å². The molecule has 1 amide bonds. The van der Waals surface area contributed by atoms with E-state index in [9.17, 15) is 18.0 Å². The van der Waals surface area contributed by atoms with Gasteiger partial charge < -0.3 is 4.90 Å². The van der Waals surface area contributed by atoms with Crippen LogP contribution in [0.25, 0.3) is 0 Å². The Kier molecular flexibility index (Phi) is 7.05. The van der Waals surface area contributed by atoms with Crippen LogP contribution >= 0.6 is 0 Å². The molecule has 0 fully saturated rings. The van der Waals surface area contributed by atoms with Crippen molar-refractivity contribution in [1.29, 1.82) is 0 Å². The summed E-state index contributed by atoms with van der Waals surface area (Å²) in [5, 5.41) is 4.46. The maximum absolute atomic E-state index is 12.6. The van der Waals surface area contributed by atoms with Crippen LogP contribution in [0.5, 0.6) is 0 Å². The van der Waals surface area contributed by atoms with Gasteiger partial charge in [-0.05, 0) is 31.7 Å². The SMILES string of the molecule is C=CCN(CC(F)(F)F)C(=O)CCc1c(C)nn(CC(C)C)c1C. The molecule has 0 aliphatic rings. The minimum absolute atomic E-state index is 0.0268. The number of amides is 1. The predicted octanol–water partition coefficient (Wildman–Crippen LogP) is 3.67. The maximum Gasteiger partial charge on any atom is 0.406 e. The average molecular weight is 345 g/mol. The minimum atomic E-state index is -4.41. The van der Waals surface area contributed by atoms with Crippen LogP contribution in [0.15, 0.2) is 12.7 Å². The number of aromatic nitrogens is 2. The quantitative estimate of drug-likeness (QED) is 0.674. The fourth-order valence-corrected chi connectivity index (χ4v) is 2.64. The van der Waals surface area contributed by atoms with Gasteiger partial charge in [0.25, 0.3) is 0 Å². The highest BCUT2D eigenvalue weighted by Gasteiger charge is 2.32. The first kappa shape index (κ1) is 20.3. The van der Waals surface area contributed by atoms with Crippen LogP contribution < -0.4 is 0 Å². The van der Waals surface area contributed by atoms with E-state index in [4.69, 9.17) is 0 Å². The van der Waals surface area contributed by atoms with Gasteiger partial charge in [-0.3, -0.25) is 9.48 Å². The lowest BCUT2D eigenvalue weighted by molar-refractivity contribution is -0.160. The number of hydrogen-bond acceptors (Lipinski definition) is 2. The first-order valence-corrected chi connectivity index (χ1v) is 8.03. The second-order valence-electron chi connectivity index (χ2n) is 6.40. The van der Waals surface area contributed by atoms with E-state index in [0.29, 0.717) is 12.3 Å². The zero-order valence-corrected chi connectivity index (χ0v) is 14.8. The van der Waals surface area contributed by atoms with Crippen molar-refractivity contribution in [3.63, 3.8) is 0 Å². The number of carbonyl (C=O) groups is 1. The molecule has 7 heteroatoms. The van der Waals surface area contributed by atoms with Gasteiger partial charge in [-0.1, -0.05) is 19.9 Å². The highest BCUT2D eigenvalue weighted by atomic mass is 19.4. The van der Waals surface area contributed by atoms with Crippen molar-refractivity contribution in [3.05, 3.63) is 29.6 Å². The van der Waals surface area contributed by atoms with Crippen molar-refractivity contribution < 1.29 is 18.0 Å². The lowest BCUT2D eigenvalue weighted by atomic mass is 10.1. The van der Waals surface area contributed by atoms with Gasteiger partial charge in [0, 0.05) is 25.2 Å². The number of carbonyl (C=O) groups excluding carboxylic acids is 1. The number of hydrogen-bond donors (Lipinski definition) is 0. The van der Waals surface area contributed by atoms with Crippen LogP contribution in [0.1, 0.15) is 37.2 Å². The molecule has 1 heterocycles. The topological polar surface area (TPSA) is 38.1 Å². The average Bonchev–Trinajstić information content (AvgIpc) is 2.68. The fraction of sp³-hybridized carbons (Fsp3) is 0.647. The van der Waals surface area contributed by atoms with Gasteiger partial charge in [-0.2, -0.15) is 18.3 Å². The summed E-state index contributed by atoms with van der Waals surface area (Å²) in [6.07, 6.45) is -2.69. The summed E-state index contributed by atoms with van der Waals surface area (Å²) >= 11 is 0. The van der Waals surface area contributed by atoms with E-state index in [2.05, 4.69) is 25.5 Å². The van der Waals surface area contributed by atoms with Gasteiger partial charge >= 0.3 is 6.18 Å². The smallest absolute Gasteiger partial charge is 0.330 e. The molecule has 0 aliphatic heterocycles. The molecular formula is C17H26F3N3O. The zero-order chi connectivity index (χ0) is 18.5. The number of nitrogens with zero attached hydrogens (tertiary/aromatic N) is 3. The van der Waals surface area contributed by atoms with E-state index < -0.39 is 18.6 Å². The van der Waals surface area contributed by atoms with Gasteiger partial charge in [0.05, 0.1) is 5.69 Å². The Morgan fingerprint density at radius 3 is 2.50 bits per heavy atom. The van der Waals surface area contributed by atoms with Crippen LogP contribution in [-0.2, 0) is 17.8 Å². The summed E-state index contributed by atoms with van der Waals surface area (Å²) in [4.78, 5) is 12.9. The summed E-state index contributed by atoms with van der Waals surface area (Å²) in [5.74, 6) is -0.0880. The van der Waals surface area contributed by atoms with Gasteiger partial charge in [-0.15, -0.1) is 6.58 Å². The van der Waals surface area contributed by atoms with Crippen molar-refractivity contribution >= 4 is 5.91 Å². The van der Waals surface area contributed by atoms with Gasteiger partial charge in [-0.25, -0.2) is 0 Å². The molecule has 136 valence electrons. The van der Waals surface area contributed by atoms with Crippen LogP contribution in [0, 0.1) is 19.8 Å². The van der Waals surface area contributed by atoms with E-state index >= 15 is 0 Å². The van der Waals surface area contributed by atoms with Crippen LogP contribution in [0.2, 0.25) is 0 Å². The summed E-state index contributed by atoms with van der Waals surface area (Å²) < 4.78 is 39.6. The highest BCUT2D eigenvalue weighted by molar-refractivity contribution is 5.76. The number of aryl methyl sites for hydroxylation is 1. The molecule has 0 saturated carbocycles. The Morgan fingerprint density at radius 1 is 1.38 bits per heavy atom. The molecule has 0 bridgehead atoms. The third-order valence-electron chi connectivity index (χ3n) is 3.73. The van der Waals surface area contributed by atoms with E-state index in [1.165, 1.54) is 6.08 Å². The third-order valence-corrected chi connectivity index (χ3v) is 3.73. The lowest BCUT2D eigenvalue weighted by Crippen LogP contribution is -2.39. The standard InChI is InChI=1S/C17H26F3N3O/c1-6-9-22(11-17(18,19)20)16(24)8-7-15-13(4)21-23(14(15)5)10-12(2)3/h6,12H,1,7-11H2,2-5H3. The van der Waals surface area contributed by atoms with Gasteiger partial charge in [0.2, 0.25) is 5.91 Å². The Hall–Kier alpha value is -1.79. The minimum Gasteiger partial charge on any atom is -0.330 e. The molecule has 1 aromatic rings. The normalized spacial score (nSPS) is 11.8. The summed E-state index contributed by atoms with van der Waals surface area (Å²) in [5.41, 5.74) is 2.74. The third kappa shape index (κ3) is 6.02. The first-order chi connectivity index (χ1) is 11.0. The van der Waals surface area contributed by atoms with E-state index in [0.717, 1.165) is 28.4 Å². The van der Waals surface area contributed by atoms with Crippen molar-refractivity contribution in [2.75, 3.05) is 13.1 Å². The number of halogens is 3. The summed E-state index contributed by atoms with van der Waals surface area (Å²) in [6.45, 7) is 10.8. The summed E-state index contributed by atoms with van der Waals surface area (Å²) in [6, 6.07) is 0. The van der Waals surface area contributed by atoms with E-state index in [1.54, 1.807) is 0 Å². The predicted molar refractivity (Wildman–Crippen MR) is 87.7 cm³/mol. The fourth-order valence-electron chi connectivity index (χ4n) is 2.64. The maximum atomic E-state index is 12.6. The molecule has 1 rings (SSSR count). The molecule has 0 saturated heterocycles. The van der Waals surface area contributed by atoms with Gasteiger partial charge in [0.1, 0.15) is 6.54 Å². The first-order valence-electron chi connectivity index (χ1n) is 8.03. The van der Waals surface area contributed by atoms with Crippen molar-refractivity contribution in [2.24, 2.45) is 5.92 Å². The molecule has 0 spiro atoms.